The third-order valence-electron chi connectivity index (χ3n) is 3.34. The molecule has 22 heavy (non-hydrogen) atoms. The first-order valence-corrected chi connectivity index (χ1v) is 7.50. The smallest absolute Gasteiger partial charge is 0.304 e. The van der Waals surface area contributed by atoms with Crippen LogP contribution in [-0.4, -0.2) is 47.8 Å². The normalized spacial score (nSPS) is 11.6. The van der Waals surface area contributed by atoms with E-state index >= 15 is 0 Å². The van der Waals surface area contributed by atoms with Crippen molar-refractivity contribution in [3.63, 3.8) is 0 Å². The van der Waals surface area contributed by atoms with Gasteiger partial charge in [0, 0.05) is 30.7 Å². The molecular formula is C16H27ClN2O3. The van der Waals surface area contributed by atoms with Crippen LogP contribution in [0, 0.1) is 6.92 Å². The van der Waals surface area contributed by atoms with Gasteiger partial charge in [0.1, 0.15) is 0 Å². The molecule has 1 aromatic rings. The summed E-state index contributed by atoms with van der Waals surface area (Å²) in [4.78, 5) is 12.7. The number of nitrogens with zero attached hydrogens (tertiary/aromatic N) is 1. The van der Waals surface area contributed by atoms with Gasteiger partial charge in [0.25, 0.3) is 0 Å². The third kappa shape index (κ3) is 6.64. The molecule has 0 saturated heterocycles. The lowest BCUT2D eigenvalue weighted by Crippen LogP contribution is -2.29. The molecule has 0 bridgehead atoms. The highest BCUT2D eigenvalue weighted by molar-refractivity contribution is 6.18. The Labute approximate surface area is 137 Å². The molecule has 4 N–H and O–H groups in total. The number of hydrogen-bond acceptors (Lipinski definition) is 4. The van der Waals surface area contributed by atoms with E-state index in [4.69, 9.17) is 27.5 Å². The minimum atomic E-state index is -0.889. The van der Waals surface area contributed by atoms with Gasteiger partial charge in [0.2, 0.25) is 0 Å². The molecule has 0 aliphatic heterocycles. The number of halogens is 1. The third-order valence-corrected chi connectivity index (χ3v) is 3.51. The SMILES string of the molecule is C.Cc1ccc(N(CCO)CCCl)cc1C[C@H](N)CC(=O)O. The molecule has 126 valence electrons. The maximum absolute atomic E-state index is 10.7. The summed E-state index contributed by atoms with van der Waals surface area (Å²) in [7, 11) is 0. The number of benzene rings is 1. The summed E-state index contributed by atoms with van der Waals surface area (Å²) in [6.45, 7) is 3.19. The monoisotopic (exact) mass is 330 g/mol. The zero-order valence-electron chi connectivity index (χ0n) is 12.3. The van der Waals surface area contributed by atoms with Gasteiger partial charge in [-0.05, 0) is 36.6 Å². The van der Waals surface area contributed by atoms with E-state index in [0.717, 1.165) is 16.8 Å². The largest absolute Gasteiger partial charge is 0.481 e. The topological polar surface area (TPSA) is 86.8 Å². The van der Waals surface area contributed by atoms with E-state index in [9.17, 15) is 4.79 Å². The van der Waals surface area contributed by atoms with Crippen LogP contribution in [0.3, 0.4) is 0 Å². The molecule has 5 nitrogen and oxygen atoms in total. The Hall–Kier alpha value is -1.30. The van der Waals surface area contributed by atoms with E-state index < -0.39 is 12.0 Å². The van der Waals surface area contributed by atoms with Crippen LogP contribution in [0.2, 0.25) is 0 Å². The van der Waals surface area contributed by atoms with Crippen molar-refractivity contribution in [3.8, 4) is 0 Å². The molecule has 1 aromatic carbocycles. The highest BCUT2D eigenvalue weighted by atomic mass is 35.5. The summed E-state index contributed by atoms with van der Waals surface area (Å²) in [5.41, 5.74) is 8.93. The fraction of sp³-hybridized carbons (Fsp3) is 0.562. The van der Waals surface area contributed by atoms with Crippen molar-refractivity contribution >= 4 is 23.3 Å². The summed E-state index contributed by atoms with van der Waals surface area (Å²) in [5, 5.41) is 17.9. The average molecular weight is 331 g/mol. The predicted octanol–water partition coefficient (Wildman–Crippen LogP) is 2.01. The Bertz CT molecular complexity index is 463. The van der Waals surface area contributed by atoms with Gasteiger partial charge < -0.3 is 20.8 Å². The molecule has 0 aromatic heterocycles. The molecule has 0 unspecified atom stereocenters. The average Bonchev–Trinajstić information content (AvgIpc) is 2.40. The number of rotatable bonds is 9. The van der Waals surface area contributed by atoms with E-state index in [-0.39, 0.29) is 20.5 Å². The van der Waals surface area contributed by atoms with Gasteiger partial charge >= 0.3 is 5.97 Å². The van der Waals surface area contributed by atoms with Gasteiger partial charge in [0.15, 0.2) is 0 Å². The van der Waals surface area contributed by atoms with Crippen molar-refractivity contribution in [1.29, 1.82) is 0 Å². The lowest BCUT2D eigenvalue weighted by Gasteiger charge is -2.24. The molecule has 0 fully saturated rings. The first-order valence-electron chi connectivity index (χ1n) is 6.96. The van der Waals surface area contributed by atoms with Gasteiger partial charge in [-0.25, -0.2) is 0 Å². The Kier molecular flexibility index (Phi) is 9.81. The number of alkyl halides is 1. The van der Waals surface area contributed by atoms with Crippen LogP contribution in [0.4, 0.5) is 5.69 Å². The molecule has 0 aliphatic rings. The van der Waals surface area contributed by atoms with E-state index in [1.807, 2.05) is 30.0 Å². The maximum Gasteiger partial charge on any atom is 0.304 e. The number of hydrogen-bond donors (Lipinski definition) is 3. The van der Waals surface area contributed by atoms with E-state index in [0.29, 0.717) is 25.4 Å². The first-order chi connectivity index (χ1) is 9.97. The summed E-state index contributed by atoms with van der Waals surface area (Å²) < 4.78 is 0. The summed E-state index contributed by atoms with van der Waals surface area (Å²) in [5.74, 6) is -0.415. The number of nitrogens with two attached hydrogens (primary N) is 1. The van der Waals surface area contributed by atoms with Gasteiger partial charge in [-0.15, -0.1) is 11.6 Å². The number of anilines is 1. The lowest BCUT2D eigenvalue weighted by molar-refractivity contribution is -0.137. The van der Waals surface area contributed by atoms with Gasteiger partial charge in [-0.3, -0.25) is 4.79 Å². The van der Waals surface area contributed by atoms with Crippen LogP contribution in [0.5, 0.6) is 0 Å². The van der Waals surface area contributed by atoms with Crippen LogP contribution < -0.4 is 10.6 Å². The molecule has 0 amide bonds. The van der Waals surface area contributed by atoms with Crippen LogP contribution in [0.15, 0.2) is 18.2 Å². The number of aliphatic hydroxyl groups excluding tert-OH is 1. The van der Waals surface area contributed by atoms with Crippen molar-refractivity contribution < 1.29 is 15.0 Å². The molecule has 0 heterocycles. The fourth-order valence-corrected chi connectivity index (χ4v) is 2.45. The van der Waals surface area contributed by atoms with Gasteiger partial charge in [-0.2, -0.15) is 0 Å². The molecular weight excluding hydrogens is 304 g/mol. The molecule has 1 rings (SSSR count). The number of carboxylic acids is 1. The van der Waals surface area contributed by atoms with E-state index in [2.05, 4.69) is 0 Å². The molecule has 0 radical (unpaired) electrons. The number of aliphatic hydroxyl groups is 1. The zero-order chi connectivity index (χ0) is 15.8. The highest BCUT2D eigenvalue weighted by Gasteiger charge is 2.13. The van der Waals surface area contributed by atoms with Crippen molar-refractivity contribution in [3.05, 3.63) is 29.3 Å². The Balaban J connectivity index is 0.00000441. The second kappa shape index (κ2) is 10.4. The summed E-state index contributed by atoms with van der Waals surface area (Å²) in [6, 6.07) is 5.55. The zero-order valence-corrected chi connectivity index (χ0v) is 13.0. The molecule has 1 atom stereocenters. The standard InChI is InChI=1S/C15H23ClN2O3.CH4/c1-11-2-3-14(18(5-4-16)6-7-19)9-12(11)8-13(17)10-15(20)21;/h2-3,9,13,19H,4-8,10,17H2,1H3,(H,20,21);1H4/t13-;/m0./s1. The second-order valence-corrected chi connectivity index (χ2v) is 5.45. The number of carboxylic acid groups (broad SMARTS) is 1. The highest BCUT2D eigenvalue weighted by Crippen LogP contribution is 2.21. The Morgan fingerprint density at radius 2 is 2.09 bits per heavy atom. The number of aryl methyl sites for hydroxylation is 1. The molecule has 0 spiro atoms. The number of carbonyl (C=O) groups is 1. The second-order valence-electron chi connectivity index (χ2n) is 5.07. The Morgan fingerprint density at radius 3 is 2.64 bits per heavy atom. The van der Waals surface area contributed by atoms with Crippen LogP contribution in [0.25, 0.3) is 0 Å². The molecule has 6 heteroatoms. The van der Waals surface area contributed by atoms with Crippen molar-refractivity contribution in [2.45, 2.75) is 33.2 Å². The predicted molar refractivity (Wildman–Crippen MR) is 91.9 cm³/mol. The quantitative estimate of drug-likeness (QED) is 0.603. The van der Waals surface area contributed by atoms with Crippen molar-refractivity contribution in [1.82, 2.24) is 0 Å². The summed E-state index contributed by atoms with van der Waals surface area (Å²) in [6.07, 6.45) is 0.464. The van der Waals surface area contributed by atoms with E-state index in [1.165, 1.54) is 0 Å². The minimum Gasteiger partial charge on any atom is -0.481 e. The lowest BCUT2D eigenvalue weighted by atomic mass is 9.99. The van der Waals surface area contributed by atoms with Crippen molar-refractivity contribution in [2.24, 2.45) is 5.73 Å². The van der Waals surface area contributed by atoms with Gasteiger partial charge in [-0.1, -0.05) is 13.5 Å². The number of aliphatic carboxylic acids is 1. The van der Waals surface area contributed by atoms with Crippen molar-refractivity contribution in [2.75, 3.05) is 30.5 Å². The van der Waals surface area contributed by atoms with E-state index in [1.54, 1.807) is 0 Å². The molecule has 0 saturated carbocycles. The maximum atomic E-state index is 10.7. The van der Waals surface area contributed by atoms with Crippen LogP contribution >= 0.6 is 11.6 Å². The van der Waals surface area contributed by atoms with Crippen LogP contribution in [-0.2, 0) is 11.2 Å². The Morgan fingerprint density at radius 1 is 1.41 bits per heavy atom. The first kappa shape index (κ1) is 20.7. The van der Waals surface area contributed by atoms with Gasteiger partial charge in [0.05, 0.1) is 13.0 Å². The fourth-order valence-electron chi connectivity index (χ4n) is 2.25. The minimum absolute atomic E-state index is 0. The molecule has 0 aliphatic carbocycles. The van der Waals surface area contributed by atoms with Crippen LogP contribution in [0.1, 0.15) is 25.0 Å². The summed E-state index contributed by atoms with van der Waals surface area (Å²) >= 11 is 5.79.